The molecule has 0 aliphatic carbocycles. The van der Waals surface area contributed by atoms with Gasteiger partial charge in [-0.15, -0.1) is 0 Å². The Labute approximate surface area is 333 Å². The molecule has 0 radical (unpaired) electrons. The van der Waals surface area contributed by atoms with Crippen molar-refractivity contribution in [3.63, 3.8) is 0 Å². The third kappa shape index (κ3) is 10.7. The zero-order valence-corrected chi connectivity index (χ0v) is 30.9. The molecule has 14 nitrogen and oxygen atoms in total. The van der Waals surface area contributed by atoms with E-state index in [9.17, 15) is 28.8 Å². The van der Waals surface area contributed by atoms with Gasteiger partial charge in [0.15, 0.2) is 0 Å². The number of rotatable bonds is 13. The van der Waals surface area contributed by atoms with Crippen LogP contribution < -0.4 is 43.4 Å². The molecule has 10 N–H and O–H groups in total. The molecular formula is C44H38N8O6. The molecule has 58 heavy (non-hydrogen) atoms. The van der Waals surface area contributed by atoms with Gasteiger partial charge in [0.25, 0.3) is 35.4 Å². The maximum atomic E-state index is 13.4. The van der Waals surface area contributed by atoms with E-state index >= 15 is 0 Å². The lowest BCUT2D eigenvalue weighted by molar-refractivity contribution is 0.0927. The molecule has 0 aromatic heterocycles. The Bertz CT molecular complexity index is 2340. The quantitative estimate of drug-likeness (QED) is 0.0510. The van der Waals surface area contributed by atoms with E-state index in [1.807, 2.05) is 0 Å². The first-order valence-corrected chi connectivity index (χ1v) is 17.9. The number of hydrogen-bond acceptors (Lipinski definition) is 8. The van der Waals surface area contributed by atoms with E-state index in [1.54, 1.807) is 97.1 Å². The lowest BCUT2D eigenvalue weighted by atomic mass is 10.1. The van der Waals surface area contributed by atoms with Gasteiger partial charge in [-0.1, -0.05) is 48.5 Å². The van der Waals surface area contributed by atoms with Crippen molar-refractivity contribution in [2.45, 2.75) is 0 Å². The highest BCUT2D eigenvalue weighted by atomic mass is 16.2. The summed E-state index contributed by atoms with van der Waals surface area (Å²) >= 11 is 0. The van der Waals surface area contributed by atoms with Crippen molar-refractivity contribution in [1.29, 1.82) is 0 Å². The average Bonchev–Trinajstić information content (AvgIpc) is 3.22. The summed E-state index contributed by atoms with van der Waals surface area (Å²) in [6.45, 7) is -0.0285. The van der Waals surface area contributed by atoms with Crippen LogP contribution in [-0.2, 0) is 0 Å². The molecule has 6 aromatic carbocycles. The van der Waals surface area contributed by atoms with Gasteiger partial charge >= 0.3 is 0 Å². The van der Waals surface area contributed by atoms with Gasteiger partial charge in [-0.05, 0) is 97.1 Å². The standard InChI is InChI=1S/C44H38N8O6/c45-33-15-7-13-29(19-33)43(57)51-37-23-31(21-35(25-37)49-41(55)27-9-3-1-4-10-27)39(53)47-17-18-48-40(54)32-22-36(50-42(56)28-11-5-2-6-12-28)26-38(24-32)52-44(58)30-14-8-16-34(46)20-30/h1-16,19-26H,17-18,45-46H2,(H,47,53)(H,48,54)(H,49,55)(H,50,56)(H,51,57)(H,52,58). The van der Waals surface area contributed by atoms with Crippen molar-refractivity contribution in [3.05, 3.63) is 179 Å². The average molecular weight is 775 g/mol. The van der Waals surface area contributed by atoms with Crippen LogP contribution in [0, 0.1) is 0 Å². The fourth-order valence-corrected chi connectivity index (χ4v) is 5.71. The lowest BCUT2D eigenvalue weighted by Crippen LogP contribution is -2.34. The van der Waals surface area contributed by atoms with Crippen LogP contribution in [0.1, 0.15) is 62.1 Å². The molecule has 0 heterocycles. The lowest BCUT2D eigenvalue weighted by Gasteiger charge is -2.14. The van der Waals surface area contributed by atoms with Crippen molar-refractivity contribution in [3.8, 4) is 0 Å². The summed E-state index contributed by atoms with van der Waals surface area (Å²) in [7, 11) is 0. The number of amides is 6. The second-order valence-electron chi connectivity index (χ2n) is 12.9. The van der Waals surface area contributed by atoms with Crippen LogP contribution in [0.25, 0.3) is 0 Å². The van der Waals surface area contributed by atoms with Crippen LogP contribution in [0.5, 0.6) is 0 Å². The fraction of sp³-hybridized carbons (Fsp3) is 0.0455. The van der Waals surface area contributed by atoms with Gasteiger partial charge in [0, 0.05) is 80.6 Å². The number of carbonyl (C=O) groups is 6. The van der Waals surface area contributed by atoms with E-state index in [2.05, 4.69) is 31.9 Å². The zero-order chi connectivity index (χ0) is 41.0. The number of anilines is 6. The third-order valence-corrected chi connectivity index (χ3v) is 8.49. The molecule has 6 rings (SSSR count). The maximum Gasteiger partial charge on any atom is 0.255 e. The van der Waals surface area contributed by atoms with Gasteiger partial charge in [0.05, 0.1) is 0 Å². The highest BCUT2D eigenvalue weighted by Crippen LogP contribution is 2.23. The minimum Gasteiger partial charge on any atom is -0.399 e. The number of nitrogen functional groups attached to an aromatic ring is 2. The predicted octanol–water partition coefficient (Wildman–Crippen LogP) is 6.02. The van der Waals surface area contributed by atoms with Gasteiger partial charge in [-0.25, -0.2) is 0 Å². The number of hydrogen-bond donors (Lipinski definition) is 8. The number of nitrogens with one attached hydrogen (secondary N) is 6. The highest BCUT2D eigenvalue weighted by Gasteiger charge is 2.17. The molecule has 0 atom stereocenters. The molecule has 0 saturated heterocycles. The predicted molar refractivity (Wildman–Crippen MR) is 224 cm³/mol. The molecule has 0 saturated carbocycles. The van der Waals surface area contributed by atoms with Crippen LogP contribution in [-0.4, -0.2) is 48.5 Å². The Morgan fingerprint density at radius 1 is 0.328 bits per heavy atom. The molecule has 0 spiro atoms. The smallest absolute Gasteiger partial charge is 0.255 e. The van der Waals surface area contributed by atoms with Crippen LogP contribution in [0.3, 0.4) is 0 Å². The first-order valence-electron chi connectivity index (χ1n) is 17.9. The van der Waals surface area contributed by atoms with E-state index < -0.39 is 35.4 Å². The van der Waals surface area contributed by atoms with Crippen LogP contribution in [0.15, 0.2) is 146 Å². The van der Waals surface area contributed by atoms with E-state index in [1.165, 1.54) is 48.5 Å². The monoisotopic (exact) mass is 774 g/mol. The molecule has 0 bridgehead atoms. The Morgan fingerprint density at radius 2 is 0.638 bits per heavy atom. The van der Waals surface area contributed by atoms with Gasteiger partial charge in [0.2, 0.25) is 0 Å². The summed E-state index contributed by atoms with van der Waals surface area (Å²) in [6.07, 6.45) is 0. The van der Waals surface area contributed by atoms with E-state index in [4.69, 9.17) is 11.5 Å². The molecule has 0 unspecified atom stereocenters. The van der Waals surface area contributed by atoms with Gasteiger partial charge in [0.1, 0.15) is 0 Å². The molecule has 290 valence electrons. The topological polar surface area (TPSA) is 227 Å². The summed E-state index contributed by atoms with van der Waals surface area (Å²) in [6, 6.07) is 38.6. The minimum atomic E-state index is -0.554. The second kappa shape index (κ2) is 18.4. The Balaban J connectivity index is 1.14. The maximum absolute atomic E-state index is 13.4. The SMILES string of the molecule is Nc1cccc(C(=O)Nc2cc(NC(=O)c3ccccc3)cc(C(=O)NCCNC(=O)c3cc(NC(=O)c4ccccc4)cc(NC(=O)c4cccc(N)c4)c3)c2)c1. The minimum absolute atomic E-state index is 0.0143. The largest absolute Gasteiger partial charge is 0.399 e. The third-order valence-electron chi connectivity index (χ3n) is 8.49. The summed E-state index contributed by atoms with van der Waals surface area (Å²) in [5.74, 6) is -2.92. The van der Waals surface area contributed by atoms with Crippen molar-refractivity contribution in [2.75, 3.05) is 45.8 Å². The molecular weight excluding hydrogens is 737 g/mol. The van der Waals surface area contributed by atoms with Gasteiger partial charge in [-0.2, -0.15) is 0 Å². The highest BCUT2D eigenvalue weighted by molar-refractivity contribution is 6.10. The van der Waals surface area contributed by atoms with Crippen LogP contribution >= 0.6 is 0 Å². The van der Waals surface area contributed by atoms with E-state index in [0.29, 0.717) is 33.6 Å². The summed E-state index contributed by atoms with van der Waals surface area (Å²) in [5, 5.41) is 16.5. The first-order chi connectivity index (χ1) is 28.0. The van der Waals surface area contributed by atoms with E-state index in [0.717, 1.165) is 0 Å². The molecule has 6 aromatic rings. The molecule has 14 heteroatoms. The number of nitrogens with two attached hydrogens (primary N) is 2. The van der Waals surface area contributed by atoms with Crippen molar-refractivity contribution in [1.82, 2.24) is 10.6 Å². The molecule has 0 aliphatic rings. The normalized spacial score (nSPS) is 10.4. The van der Waals surface area contributed by atoms with Gasteiger partial charge < -0.3 is 43.4 Å². The van der Waals surface area contributed by atoms with Gasteiger partial charge in [-0.3, -0.25) is 28.8 Å². The Morgan fingerprint density at radius 3 is 0.966 bits per heavy atom. The molecule has 0 fully saturated rings. The summed E-state index contributed by atoms with van der Waals surface area (Å²) < 4.78 is 0. The van der Waals surface area contributed by atoms with E-state index in [-0.39, 0.29) is 47.0 Å². The summed E-state index contributed by atoms with van der Waals surface area (Å²) in [5.41, 5.74) is 15.0. The van der Waals surface area contributed by atoms with Crippen molar-refractivity contribution in [2.24, 2.45) is 0 Å². The Hall–Kier alpha value is -8.26. The Kier molecular flexibility index (Phi) is 12.5. The summed E-state index contributed by atoms with van der Waals surface area (Å²) in [4.78, 5) is 78.9. The number of benzene rings is 6. The van der Waals surface area contributed by atoms with Crippen LogP contribution in [0.2, 0.25) is 0 Å². The van der Waals surface area contributed by atoms with Crippen molar-refractivity contribution >= 4 is 69.6 Å². The van der Waals surface area contributed by atoms with Crippen LogP contribution in [0.4, 0.5) is 34.1 Å². The second-order valence-corrected chi connectivity index (χ2v) is 12.9. The molecule has 6 amide bonds. The number of carbonyl (C=O) groups excluding carboxylic acids is 6. The first kappa shape index (κ1) is 39.4. The van der Waals surface area contributed by atoms with Crippen molar-refractivity contribution < 1.29 is 28.8 Å². The zero-order valence-electron chi connectivity index (χ0n) is 30.9. The fourth-order valence-electron chi connectivity index (χ4n) is 5.71. The molecule has 0 aliphatic heterocycles.